The number of nitrogens with zero attached hydrogens (tertiary/aromatic N) is 2. The Morgan fingerprint density at radius 2 is 2.30 bits per heavy atom. The molecule has 1 aromatic heterocycles. The Morgan fingerprint density at radius 3 is 3.05 bits per heavy atom. The zero-order valence-corrected chi connectivity index (χ0v) is 11.4. The van der Waals surface area contributed by atoms with E-state index in [0.717, 1.165) is 6.42 Å². The van der Waals surface area contributed by atoms with Gasteiger partial charge in [0.15, 0.2) is 5.82 Å². The average Bonchev–Trinajstić information content (AvgIpc) is 3.07. The summed E-state index contributed by atoms with van der Waals surface area (Å²) in [6, 6.07) is 8.28. The molecule has 1 saturated carbocycles. The van der Waals surface area contributed by atoms with Crippen LogP contribution in [0.1, 0.15) is 29.3 Å². The van der Waals surface area contributed by atoms with E-state index in [1.807, 2.05) is 12.1 Å². The first-order valence-electron chi connectivity index (χ1n) is 6.84. The second-order valence-electron chi connectivity index (χ2n) is 5.19. The maximum atomic E-state index is 12.1. The van der Waals surface area contributed by atoms with E-state index in [-0.39, 0.29) is 11.8 Å². The molecule has 1 N–H and O–H groups in total. The van der Waals surface area contributed by atoms with Gasteiger partial charge in [0.25, 0.3) is 0 Å². The van der Waals surface area contributed by atoms with Crippen LogP contribution in [0.5, 0.6) is 0 Å². The summed E-state index contributed by atoms with van der Waals surface area (Å²) in [6.45, 7) is 2.65. The third kappa shape index (κ3) is 2.71. The highest BCUT2D eigenvalue weighted by Gasteiger charge is 2.44. The Labute approximate surface area is 117 Å². The van der Waals surface area contributed by atoms with Gasteiger partial charge in [0, 0.05) is 18.9 Å². The van der Waals surface area contributed by atoms with E-state index >= 15 is 0 Å². The van der Waals surface area contributed by atoms with Crippen LogP contribution in [-0.2, 0) is 11.2 Å². The van der Waals surface area contributed by atoms with Crippen LogP contribution in [-0.4, -0.2) is 22.6 Å². The summed E-state index contributed by atoms with van der Waals surface area (Å²) in [5, 5.41) is 6.65. The zero-order chi connectivity index (χ0) is 13.9. The first-order chi connectivity index (χ1) is 9.75. The molecule has 1 amide bonds. The minimum absolute atomic E-state index is 0.112. The largest absolute Gasteiger partial charge is 0.355 e. The monoisotopic (exact) mass is 271 g/mol. The highest BCUT2D eigenvalue weighted by molar-refractivity contribution is 5.83. The van der Waals surface area contributed by atoms with Crippen LogP contribution in [0.3, 0.4) is 0 Å². The molecule has 0 spiro atoms. The Bertz CT molecular complexity index is 595. The van der Waals surface area contributed by atoms with Gasteiger partial charge in [0.2, 0.25) is 12.3 Å². The molecule has 0 bridgehead atoms. The summed E-state index contributed by atoms with van der Waals surface area (Å²) < 4.78 is 4.65. The highest BCUT2D eigenvalue weighted by Crippen LogP contribution is 2.48. The molecule has 0 radical (unpaired) electrons. The summed E-state index contributed by atoms with van der Waals surface area (Å²) in [7, 11) is 0. The molecule has 20 heavy (non-hydrogen) atoms. The number of hydrogen-bond acceptors (Lipinski definition) is 4. The van der Waals surface area contributed by atoms with Crippen LogP contribution < -0.4 is 5.32 Å². The van der Waals surface area contributed by atoms with Gasteiger partial charge in [-0.25, -0.2) is 0 Å². The van der Waals surface area contributed by atoms with Gasteiger partial charge in [-0.1, -0.05) is 29.4 Å². The van der Waals surface area contributed by atoms with Gasteiger partial charge in [-0.2, -0.15) is 4.98 Å². The summed E-state index contributed by atoms with van der Waals surface area (Å²) in [5.41, 5.74) is 2.56. The Hall–Kier alpha value is -2.17. The number of carbonyl (C=O) groups is 1. The Morgan fingerprint density at radius 1 is 1.45 bits per heavy atom. The van der Waals surface area contributed by atoms with Crippen LogP contribution >= 0.6 is 0 Å². The molecule has 0 unspecified atom stereocenters. The van der Waals surface area contributed by atoms with E-state index in [9.17, 15) is 4.79 Å². The number of aromatic nitrogens is 2. The van der Waals surface area contributed by atoms with Crippen molar-refractivity contribution < 1.29 is 9.32 Å². The SMILES string of the molecule is Cc1ccccc1[C@@H]1C[C@@H]1C(=O)NCCc1ncon1. The first kappa shape index (κ1) is 12.8. The number of benzene rings is 1. The minimum Gasteiger partial charge on any atom is -0.355 e. The lowest BCUT2D eigenvalue weighted by Crippen LogP contribution is -2.27. The van der Waals surface area contributed by atoms with E-state index in [0.29, 0.717) is 24.7 Å². The van der Waals surface area contributed by atoms with Crippen molar-refractivity contribution in [1.82, 2.24) is 15.5 Å². The van der Waals surface area contributed by atoms with Crippen molar-refractivity contribution in [2.45, 2.75) is 25.7 Å². The zero-order valence-electron chi connectivity index (χ0n) is 11.4. The van der Waals surface area contributed by atoms with Gasteiger partial charge >= 0.3 is 0 Å². The molecule has 104 valence electrons. The van der Waals surface area contributed by atoms with Gasteiger partial charge in [0.05, 0.1) is 0 Å². The summed E-state index contributed by atoms with van der Waals surface area (Å²) >= 11 is 0. The van der Waals surface area contributed by atoms with Gasteiger partial charge < -0.3 is 9.84 Å². The van der Waals surface area contributed by atoms with Crippen molar-refractivity contribution in [3.63, 3.8) is 0 Å². The fourth-order valence-electron chi connectivity index (χ4n) is 2.56. The van der Waals surface area contributed by atoms with Crippen molar-refractivity contribution in [2.75, 3.05) is 6.54 Å². The lowest BCUT2D eigenvalue weighted by atomic mass is 10.0. The third-order valence-electron chi connectivity index (χ3n) is 3.77. The number of aryl methyl sites for hydroxylation is 1. The fraction of sp³-hybridized carbons (Fsp3) is 0.400. The predicted octanol–water partition coefficient (Wildman–Crippen LogP) is 1.84. The van der Waals surface area contributed by atoms with Crippen molar-refractivity contribution >= 4 is 5.91 Å². The van der Waals surface area contributed by atoms with Crippen LogP contribution in [0.2, 0.25) is 0 Å². The number of amides is 1. The van der Waals surface area contributed by atoms with Gasteiger partial charge in [-0.05, 0) is 30.4 Å². The number of carbonyl (C=O) groups excluding carboxylic acids is 1. The van der Waals surface area contributed by atoms with Crippen molar-refractivity contribution in [2.24, 2.45) is 5.92 Å². The maximum Gasteiger partial charge on any atom is 0.223 e. The molecule has 1 heterocycles. The van der Waals surface area contributed by atoms with Crippen molar-refractivity contribution in [1.29, 1.82) is 0 Å². The molecule has 3 rings (SSSR count). The molecule has 5 heteroatoms. The van der Waals surface area contributed by atoms with Gasteiger partial charge in [0.1, 0.15) is 0 Å². The smallest absolute Gasteiger partial charge is 0.223 e. The quantitative estimate of drug-likeness (QED) is 0.901. The molecule has 1 fully saturated rings. The molecular weight excluding hydrogens is 254 g/mol. The molecule has 0 saturated heterocycles. The van der Waals surface area contributed by atoms with Crippen LogP contribution in [0.4, 0.5) is 0 Å². The van der Waals surface area contributed by atoms with Crippen molar-refractivity contribution in [3.8, 4) is 0 Å². The summed E-state index contributed by atoms with van der Waals surface area (Å²) in [5.74, 6) is 1.24. The topological polar surface area (TPSA) is 68.0 Å². The third-order valence-corrected chi connectivity index (χ3v) is 3.77. The maximum absolute atomic E-state index is 12.1. The Balaban J connectivity index is 1.49. The standard InChI is InChI=1S/C15H17N3O2/c1-10-4-2-3-5-11(10)12-8-13(12)15(19)16-7-6-14-17-9-20-18-14/h2-5,9,12-13H,6-8H2,1H3,(H,16,19)/t12-,13-/m0/s1. The lowest BCUT2D eigenvalue weighted by molar-refractivity contribution is -0.122. The van der Waals surface area contributed by atoms with Crippen LogP contribution in [0.15, 0.2) is 35.2 Å². The highest BCUT2D eigenvalue weighted by atomic mass is 16.5. The number of rotatable bonds is 5. The second kappa shape index (κ2) is 5.45. The lowest BCUT2D eigenvalue weighted by Gasteiger charge is -2.05. The van der Waals surface area contributed by atoms with E-state index in [1.54, 1.807) is 0 Å². The molecule has 1 aliphatic carbocycles. The molecule has 1 aliphatic rings. The molecule has 5 nitrogen and oxygen atoms in total. The fourth-order valence-corrected chi connectivity index (χ4v) is 2.56. The number of hydrogen-bond donors (Lipinski definition) is 1. The summed E-state index contributed by atoms with van der Waals surface area (Å²) in [4.78, 5) is 16.0. The average molecular weight is 271 g/mol. The molecule has 1 aromatic carbocycles. The van der Waals surface area contributed by atoms with E-state index < -0.39 is 0 Å². The predicted molar refractivity (Wildman–Crippen MR) is 73.0 cm³/mol. The minimum atomic E-state index is 0.112. The molecule has 0 aliphatic heterocycles. The van der Waals surface area contributed by atoms with E-state index in [2.05, 4.69) is 39.0 Å². The number of nitrogens with one attached hydrogen (secondary N) is 1. The van der Waals surface area contributed by atoms with Crippen molar-refractivity contribution in [3.05, 3.63) is 47.6 Å². The van der Waals surface area contributed by atoms with Gasteiger partial charge in [-0.3, -0.25) is 4.79 Å². The normalized spacial score (nSPS) is 20.6. The van der Waals surface area contributed by atoms with E-state index in [1.165, 1.54) is 17.5 Å². The van der Waals surface area contributed by atoms with E-state index in [4.69, 9.17) is 0 Å². The van der Waals surface area contributed by atoms with Crippen LogP contribution in [0.25, 0.3) is 0 Å². The second-order valence-corrected chi connectivity index (χ2v) is 5.19. The van der Waals surface area contributed by atoms with Crippen LogP contribution in [0, 0.1) is 12.8 Å². The molecular formula is C15H17N3O2. The molecule has 2 aromatic rings. The Kier molecular flexibility index (Phi) is 3.50. The first-order valence-corrected chi connectivity index (χ1v) is 6.84. The van der Waals surface area contributed by atoms with Gasteiger partial charge in [-0.15, -0.1) is 0 Å². The molecule has 2 atom stereocenters. The summed E-state index contributed by atoms with van der Waals surface area (Å²) in [6.07, 6.45) is 2.84.